The molecule has 0 aliphatic carbocycles. The summed E-state index contributed by atoms with van der Waals surface area (Å²) >= 11 is 0. The van der Waals surface area contributed by atoms with Crippen LogP contribution in [0, 0.1) is 0 Å². The number of fused-ring (bicyclic) bond motifs is 7. The highest BCUT2D eigenvalue weighted by atomic mass is 15.1. The van der Waals surface area contributed by atoms with E-state index in [0.717, 1.165) is 28.4 Å². The van der Waals surface area contributed by atoms with Gasteiger partial charge in [-0.2, -0.15) is 0 Å². The topological polar surface area (TPSA) is 13.1 Å². The van der Waals surface area contributed by atoms with Crippen LogP contribution in [0.2, 0.25) is 0 Å². The molecule has 258 valence electrons. The maximum atomic E-state index is 2.39. The molecule has 0 amide bonds. The Kier molecular flexibility index (Phi) is 7.17. The molecular formula is C52H35N3. The molecule has 11 rings (SSSR count). The van der Waals surface area contributed by atoms with Crippen LogP contribution in [0.25, 0.3) is 76.9 Å². The molecule has 0 saturated carbocycles. The second kappa shape index (κ2) is 12.6. The highest BCUT2D eigenvalue weighted by Gasteiger charge is 2.19. The first-order valence-corrected chi connectivity index (χ1v) is 18.9. The fraction of sp³-hybridized carbons (Fsp3) is 0. The van der Waals surface area contributed by atoms with Gasteiger partial charge in [-0.15, -0.1) is 0 Å². The van der Waals surface area contributed by atoms with E-state index in [4.69, 9.17) is 0 Å². The van der Waals surface area contributed by atoms with Crippen LogP contribution in [-0.4, -0.2) is 9.13 Å². The van der Waals surface area contributed by atoms with Crippen LogP contribution in [0.3, 0.4) is 0 Å². The molecule has 0 radical (unpaired) electrons. The second-order valence-electron chi connectivity index (χ2n) is 14.2. The third-order valence-electron chi connectivity index (χ3n) is 11.1. The molecule has 11 aromatic rings. The number of hydrogen-bond acceptors (Lipinski definition) is 1. The minimum absolute atomic E-state index is 1.09. The molecule has 55 heavy (non-hydrogen) atoms. The van der Waals surface area contributed by atoms with E-state index in [0.29, 0.717) is 0 Å². The largest absolute Gasteiger partial charge is 0.310 e. The van der Waals surface area contributed by atoms with Gasteiger partial charge in [-0.3, -0.25) is 0 Å². The monoisotopic (exact) mass is 701 g/mol. The van der Waals surface area contributed by atoms with Crippen molar-refractivity contribution in [1.29, 1.82) is 0 Å². The molecule has 3 nitrogen and oxygen atoms in total. The first-order valence-electron chi connectivity index (χ1n) is 18.9. The summed E-state index contributed by atoms with van der Waals surface area (Å²) < 4.78 is 4.77. The Labute approximate surface area is 319 Å². The van der Waals surface area contributed by atoms with E-state index in [9.17, 15) is 0 Å². The van der Waals surface area contributed by atoms with E-state index in [1.165, 1.54) is 65.5 Å². The Bertz CT molecular complexity index is 3150. The zero-order valence-corrected chi connectivity index (χ0v) is 30.0. The van der Waals surface area contributed by atoms with E-state index >= 15 is 0 Å². The summed E-state index contributed by atoms with van der Waals surface area (Å²) in [5.41, 5.74) is 12.8. The average Bonchev–Trinajstić information content (AvgIpc) is 3.78. The van der Waals surface area contributed by atoms with Gasteiger partial charge in [-0.25, -0.2) is 0 Å². The van der Waals surface area contributed by atoms with Gasteiger partial charge in [-0.1, -0.05) is 133 Å². The van der Waals surface area contributed by atoms with Crippen LogP contribution >= 0.6 is 0 Å². The number of hydrogen-bond donors (Lipinski definition) is 0. The second-order valence-corrected chi connectivity index (χ2v) is 14.2. The molecule has 3 heteroatoms. The third-order valence-corrected chi connectivity index (χ3v) is 11.1. The third kappa shape index (κ3) is 5.05. The van der Waals surface area contributed by atoms with Crippen molar-refractivity contribution in [2.24, 2.45) is 0 Å². The Morgan fingerprint density at radius 1 is 0.309 bits per heavy atom. The molecule has 0 aliphatic heterocycles. The van der Waals surface area contributed by atoms with Crippen molar-refractivity contribution in [3.8, 4) is 22.5 Å². The zero-order valence-electron chi connectivity index (χ0n) is 30.0. The number of nitrogens with zero attached hydrogens (tertiary/aromatic N) is 3. The van der Waals surface area contributed by atoms with Gasteiger partial charge >= 0.3 is 0 Å². The average molecular weight is 702 g/mol. The molecule has 0 saturated heterocycles. The molecule has 0 unspecified atom stereocenters. The van der Waals surface area contributed by atoms with Crippen LogP contribution < -0.4 is 4.90 Å². The Hall–Kier alpha value is -7.36. The van der Waals surface area contributed by atoms with Gasteiger partial charge in [0, 0.05) is 50.0 Å². The highest BCUT2D eigenvalue weighted by molar-refractivity contribution is 6.16. The van der Waals surface area contributed by atoms with Crippen LogP contribution in [0.5, 0.6) is 0 Å². The predicted octanol–water partition coefficient (Wildman–Crippen LogP) is 14.2. The molecule has 0 fully saturated rings. The maximum absolute atomic E-state index is 2.39. The van der Waals surface area contributed by atoms with E-state index < -0.39 is 0 Å². The normalized spacial score (nSPS) is 11.6. The Morgan fingerprint density at radius 3 is 1.58 bits per heavy atom. The highest BCUT2D eigenvalue weighted by Crippen LogP contribution is 2.42. The molecule has 9 aromatic carbocycles. The van der Waals surface area contributed by atoms with Crippen LogP contribution in [-0.2, 0) is 0 Å². The van der Waals surface area contributed by atoms with Crippen molar-refractivity contribution in [3.05, 3.63) is 212 Å². The number of rotatable bonds is 6. The first-order chi connectivity index (χ1) is 27.3. The lowest BCUT2D eigenvalue weighted by Crippen LogP contribution is -2.10. The summed E-state index contributed by atoms with van der Waals surface area (Å²) in [7, 11) is 0. The van der Waals surface area contributed by atoms with Crippen molar-refractivity contribution in [2.45, 2.75) is 0 Å². The summed E-state index contributed by atoms with van der Waals surface area (Å²) in [5, 5.41) is 7.46. The predicted molar refractivity (Wildman–Crippen MR) is 233 cm³/mol. The lowest BCUT2D eigenvalue weighted by atomic mass is 9.99. The van der Waals surface area contributed by atoms with Gasteiger partial charge in [-0.05, 0) is 101 Å². The Balaban J connectivity index is 1.08. The molecule has 2 aromatic heterocycles. The lowest BCUT2D eigenvalue weighted by molar-refractivity contribution is 1.17. The number of benzene rings is 9. The van der Waals surface area contributed by atoms with Gasteiger partial charge in [0.05, 0.1) is 22.1 Å². The van der Waals surface area contributed by atoms with E-state index in [1.54, 1.807) is 0 Å². The SMILES string of the molecule is c1ccc(-n2c3ccccc3c3c(-c4ccc(N(c5cccc(-n6c7ccccc7c7ccccc76)c5)c5ccc6ccccc6c5)cc4)cccc32)cc1. The van der Waals surface area contributed by atoms with Crippen molar-refractivity contribution >= 4 is 71.4 Å². The van der Waals surface area contributed by atoms with Crippen LogP contribution in [0.15, 0.2) is 212 Å². The van der Waals surface area contributed by atoms with Crippen molar-refractivity contribution < 1.29 is 0 Å². The fourth-order valence-electron chi connectivity index (χ4n) is 8.64. The minimum Gasteiger partial charge on any atom is -0.310 e. The Morgan fingerprint density at radius 2 is 0.836 bits per heavy atom. The van der Waals surface area contributed by atoms with Gasteiger partial charge in [0.2, 0.25) is 0 Å². The van der Waals surface area contributed by atoms with Crippen molar-refractivity contribution in [2.75, 3.05) is 4.90 Å². The molecule has 0 N–H and O–H groups in total. The summed E-state index contributed by atoms with van der Waals surface area (Å²) in [6.45, 7) is 0. The minimum atomic E-state index is 1.09. The molecule has 0 atom stereocenters. The number of anilines is 3. The van der Waals surface area contributed by atoms with E-state index in [1.807, 2.05) is 0 Å². The molecular weight excluding hydrogens is 667 g/mol. The summed E-state index contributed by atoms with van der Waals surface area (Å²) in [6.07, 6.45) is 0. The van der Waals surface area contributed by atoms with Crippen molar-refractivity contribution in [1.82, 2.24) is 9.13 Å². The van der Waals surface area contributed by atoms with Crippen LogP contribution in [0.4, 0.5) is 17.1 Å². The molecule has 0 spiro atoms. The van der Waals surface area contributed by atoms with Gasteiger partial charge in [0.25, 0.3) is 0 Å². The molecule has 0 bridgehead atoms. The van der Waals surface area contributed by atoms with Gasteiger partial charge in [0.15, 0.2) is 0 Å². The van der Waals surface area contributed by atoms with Gasteiger partial charge < -0.3 is 14.0 Å². The summed E-state index contributed by atoms with van der Waals surface area (Å²) in [5.74, 6) is 0. The van der Waals surface area contributed by atoms with E-state index in [2.05, 4.69) is 226 Å². The maximum Gasteiger partial charge on any atom is 0.0547 e. The van der Waals surface area contributed by atoms with Crippen LogP contribution in [0.1, 0.15) is 0 Å². The number of para-hydroxylation sites is 4. The fourth-order valence-corrected chi connectivity index (χ4v) is 8.64. The molecule has 0 aliphatic rings. The molecule has 2 heterocycles. The summed E-state index contributed by atoms with van der Waals surface area (Å²) in [6, 6.07) is 76.9. The van der Waals surface area contributed by atoms with Crippen molar-refractivity contribution in [3.63, 3.8) is 0 Å². The zero-order chi connectivity index (χ0) is 36.3. The smallest absolute Gasteiger partial charge is 0.0547 e. The lowest BCUT2D eigenvalue weighted by Gasteiger charge is -2.27. The summed E-state index contributed by atoms with van der Waals surface area (Å²) in [4.78, 5) is 2.38. The van der Waals surface area contributed by atoms with E-state index in [-0.39, 0.29) is 0 Å². The first kappa shape index (κ1) is 31.2. The quantitative estimate of drug-likeness (QED) is 0.168. The van der Waals surface area contributed by atoms with Gasteiger partial charge in [0.1, 0.15) is 0 Å². The standard InChI is InChI=1S/C52H35N3/c1-2-16-39(17-3-1)54-50-26-11-8-22-47(50)52-44(23-13-27-51(52)54)37-29-31-40(32-30-37)53(43-33-28-36-14-4-5-15-38(36)34-43)41-18-12-19-42(35-41)55-48-24-9-6-20-45(48)46-21-7-10-25-49(46)55/h1-35H. The number of aromatic nitrogens is 2.